The Kier molecular flexibility index (Phi) is 20.8. The van der Waals surface area contributed by atoms with Gasteiger partial charge < -0.3 is 59.2 Å². The van der Waals surface area contributed by atoms with Crippen LogP contribution in [0.3, 0.4) is 0 Å². The second-order valence-corrected chi connectivity index (χ2v) is 13.6. The highest BCUT2D eigenvalue weighted by Gasteiger charge is 2.39. The number of benzene rings is 4. The average Bonchev–Trinajstić information content (AvgIpc) is 3.36. The molecule has 4 amide bonds. The van der Waals surface area contributed by atoms with Crippen LogP contribution in [0.1, 0.15) is 22.3 Å². The topological polar surface area (TPSA) is 259 Å². The van der Waals surface area contributed by atoms with Crippen LogP contribution in [-0.4, -0.2) is 101 Å². The van der Waals surface area contributed by atoms with E-state index in [0.717, 1.165) is 24.3 Å². The molecule has 0 saturated heterocycles. The summed E-state index contributed by atoms with van der Waals surface area (Å²) in [6.07, 6.45) is 0.675. The van der Waals surface area contributed by atoms with Crippen molar-refractivity contribution in [2.24, 2.45) is 0 Å². The van der Waals surface area contributed by atoms with Crippen molar-refractivity contribution in [3.63, 3.8) is 0 Å². The van der Waals surface area contributed by atoms with Gasteiger partial charge in [0.2, 0.25) is 0 Å². The Morgan fingerprint density at radius 2 is 0.536 bits per heavy atom. The molecule has 0 fully saturated rings. The lowest BCUT2D eigenvalue weighted by Gasteiger charge is -2.37. The zero-order valence-corrected chi connectivity index (χ0v) is 37.1. The van der Waals surface area contributed by atoms with E-state index in [4.69, 9.17) is 37.9 Å². The summed E-state index contributed by atoms with van der Waals surface area (Å²) in [5.41, 5.74) is 1.07. The molecule has 0 heterocycles. The zero-order valence-electron chi connectivity index (χ0n) is 37.1. The summed E-state index contributed by atoms with van der Waals surface area (Å²) in [6.45, 7) is 12.7. The molecule has 0 aromatic heterocycles. The predicted molar refractivity (Wildman–Crippen MR) is 245 cm³/mol. The van der Waals surface area contributed by atoms with Gasteiger partial charge in [-0.25, -0.2) is 38.4 Å². The molecule has 0 radical (unpaired) electrons. The van der Waals surface area contributed by atoms with Crippen LogP contribution in [0.4, 0.5) is 19.2 Å². The van der Waals surface area contributed by atoms with Crippen molar-refractivity contribution in [1.29, 1.82) is 0 Å². The molecule has 0 bridgehead atoms. The highest BCUT2D eigenvalue weighted by atomic mass is 16.6. The maximum atomic E-state index is 12.7. The third kappa shape index (κ3) is 16.6. The van der Waals surface area contributed by atoms with Crippen LogP contribution in [-0.2, 0) is 43.5 Å². The van der Waals surface area contributed by atoms with Gasteiger partial charge >= 0.3 is 48.3 Å². The number of rotatable bonds is 24. The van der Waals surface area contributed by atoms with Gasteiger partial charge in [-0.2, -0.15) is 0 Å². The van der Waals surface area contributed by atoms with Crippen LogP contribution in [0.5, 0.6) is 23.0 Å². The third-order valence-electron chi connectivity index (χ3n) is 9.12. The molecule has 0 unspecified atom stereocenters. The number of esters is 4. The predicted octanol–water partition coefficient (Wildman–Crippen LogP) is 5.34. The minimum absolute atomic E-state index is 0.0365. The standard InChI is InChI=1S/C49H48N4O16/c1-5-41(54)62-29-25-50-45(58)66-37-17-9-33(10-18-37)49(34-11-19-38(20-12-34)67-46(59)51-26-30-63-42(55)6-2,35-13-21-39(22-14-35)68-47(60)52-27-31-64-43(56)7-3)36-15-23-40(24-16-36)69-48(61)53-28-32-65-44(57)8-4/h5-24H,1-4,25-32H2,(H,50,58)(H,51,59)(H,52,60)(H,53,61). The minimum atomic E-state index is -1.29. The van der Waals surface area contributed by atoms with E-state index in [2.05, 4.69) is 47.6 Å². The lowest BCUT2D eigenvalue weighted by atomic mass is 9.65. The number of carbonyl (C=O) groups excluding carboxylic acids is 8. The molecule has 4 N–H and O–H groups in total. The molecule has 360 valence electrons. The summed E-state index contributed by atoms with van der Waals surface area (Å²) < 4.78 is 41.5. The van der Waals surface area contributed by atoms with Gasteiger partial charge in [-0.15, -0.1) is 0 Å². The maximum Gasteiger partial charge on any atom is 0.412 e. The first kappa shape index (κ1) is 52.4. The van der Waals surface area contributed by atoms with Crippen LogP contribution in [0.2, 0.25) is 0 Å². The van der Waals surface area contributed by atoms with E-state index in [0.29, 0.717) is 22.3 Å². The highest BCUT2D eigenvalue weighted by molar-refractivity contribution is 5.82. The normalized spacial score (nSPS) is 10.3. The molecule has 4 aromatic rings. The second-order valence-electron chi connectivity index (χ2n) is 13.6. The van der Waals surface area contributed by atoms with E-state index in [-0.39, 0.29) is 75.6 Å². The van der Waals surface area contributed by atoms with Gasteiger partial charge in [0.1, 0.15) is 49.4 Å². The molecule has 0 aliphatic carbocycles. The van der Waals surface area contributed by atoms with Crippen LogP contribution in [0, 0.1) is 0 Å². The third-order valence-corrected chi connectivity index (χ3v) is 9.12. The van der Waals surface area contributed by atoms with Gasteiger partial charge in [-0.3, -0.25) is 0 Å². The molecule has 0 aliphatic rings. The number of nitrogens with one attached hydrogen (secondary N) is 4. The molecule has 0 atom stereocenters. The van der Waals surface area contributed by atoms with Gasteiger partial charge in [-0.1, -0.05) is 74.8 Å². The van der Waals surface area contributed by atoms with E-state index in [1.807, 2.05) is 0 Å². The van der Waals surface area contributed by atoms with E-state index in [9.17, 15) is 38.4 Å². The van der Waals surface area contributed by atoms with E-state index in [1.54, 1.807) is 97.1 Å². The van der Waals surface area contributed by atoms with Crippen molar-refractivity contribution in [2.45, 2.75) is 5.41 Å². The zero-order chi connectivity index (χ0) is 50.0. The summed E-state index contributed by atoms with van der Waals surface area (Å²) in [4.78, 5) is 96.0. The van der Waals surface area contributed by atoms with Crippen molar-refractivity contribution in [1.82, 2.24) is 21.3 Å². The summed E-state index contributed by atoms with van der Waals surface area (Å²) in [7, 11) is 0. The maximum absolute atomic E-state index is 12.7. The largest absolute Gasteiger partial charge is 0.461 e. The Bertz CT molecular complexity index is 2120. The van der Waals surface area contributed by atoms with Gasteiger partial charge in [0.25, 0.3) is 0 Å². The fourth-order valence-electron chi connectivity index (χ4n) is 6.12. The van der Waals surface area contributed by atoms with Crippen LogP contribution < -0.4 is 40.2 Å². The molecular weight excluding hydrogens is 901 g/mol. The van der Waals surface area contributed by atoms with Crippen LogP contribution in [0.15, 0.2) is 148 Å². The smallest absolute Gasteiger partial charge is 0.412 e. The quantitative estimate of drug-likeness (QED) is 0.0227. The SMILES string of the molecule is C=CC(=O)OCCNC(=O)Oc1ccc(C(c2ccc(OC(=O)NCCOC(=O)C=C)cc2)(c2ccc(OC(=O)NCCOC(=O)C=C)cc2)c2ccc(OC(=O)NCCOC(=O)C=C)cc2)cc1. The number of carbonyl (C=O) groups is 8. The van der Waals surface area contributed by atoms with E-state index >= 15 is 0 Å². The van der Waals surface area contributed by atoms with Crippen molar-refractivity contribution in [3.8, 4) is 23.0 Å². The molecule has 0 spiro atoms. The van der Waals surface area contributed by atoms with Crippen molar-refractivity contribution in [3.05, 3.63) is 170 Å². The fourth-order valence-corrected chi connectivity index (χ4v) is 6.12. The lowest BCUT2D eigenvalue weighted by molar-refractivity contribution is -0.138. The Morgan fingerprint density at radius 1 is 0.348 bits per heavy atom. The van der Waals surface area contributed by atoms with E-state index < -0.39 is 53.7 Å². The molecule has 20 heteroatoms. The van der Waals surface area contributed by atoms with Crippen molar-refractivity contribution in [2.75, 3.05) is 52.6 Å². The molecule has 4 aromatic carbocycles. The number of hydrogen-bond acceptors (Lipinski definition) is 16. The van der Waals surface area contributed by atoms with E-state index in [1.165, 1.54) is 0 Å². The molecule has 69 heavy (non-hydrogen) atoms. The Balaban J connectivity index is 1.74. The first-order chi connectivity index (χ1) is 33.3. The van der Waals surface area contributed by atoms with Crippen molar-refractivity contribution >= 4 is 48.3 Å². The summed E-state index contributed by atoms with van der Waals surface area (Å²) in [5.74, 6) is -2.04. The number of ether oxygens (including phenoxy) is 8. The Hall–Kier alpha value is -9.20. The molecular formula is C49H48N4O16. The lowest BCUT2D eigenvalue weighted by Crippen LogP contribution is -2.32. The molecule has 20 nitrogen and oxygen atoms in total. The van der Waals surface area contributed by atoms with Gasteiger partial charge in [-0.05, 0) is 70.8 Å². The highest BCUT2D eigenvalue weighted by Crippen LogP contribution is 2.46. The number of hydrogen-bond donors (Lipinski definition) is 4. The number of amides is 4. The molecule has 4 rings (SSSR count). The fraction of sp³-hybridized carbons (Fsp3) is 0.184. The molecule has 0 aliphatic heterocycles. The summed E-state index contributed by atoms with van der Waals surface area (Å²) in [6, 6.07) is 26.1. The van der Waals surface area contributed by atoms with Crippen LogP contribution in [0.25, 0.3) is 0 Å². The Morgan fingerprint density at radius 3 is 0.710 bits per heavy atom. The van der Waals surface area contributed by atoms with Gasteiger partial charge in [0.15, 0.2) is 0 Å². The Labute approximate surface area is 395 Å². The first-order valence-corrected chi connectivity index (χ1v) is 20.7. The first-order valence-electron chi connectivity index (χ1n) is 20.7. The summed E-state index contributed by atoms with van der Waals surface area (Å²) >= 11 is 0. The monoisotopic (exact) mass is 948 g/mol. The minimum Gasteiger partial charge on any atom is -0.461 e. The van der Waals surface area contributed by atoms with Crippen LogP contribution >= 0.6 is 0 Å². The summed E-state index contributed by atoms with van der Waals surface area (Å²) in [5, 5.41) is 9.95. The molecule has 0 saturated carbocycles. The second kappa shape index (κ2) is 27.3. The van der Waals surface area contributed by atoms with Gasteiger partial charge in [0.05, 0.1) is 31.6 Å². The van der Waals surface area contributed by atoms with Gasteiger partial charge in [0, 0.05) is 24.3 Å². The van der Waals surface area contributed by atoms with Crippen molar-refractivity contribution < 1.29 is 76.3 Å². The average molecular weight is 949 g/mol.